The number of piperidine rings is 1. The molecule has 1 aliphatic heterocycles. The highest BCUT2D eigenvalue weighted by atomic mass is 32.2. The third-order valence-electron chi connectivity index (χ3n) is 5.47. The molecule has 2 aromatic heterocycles. The first kappa shape index (κ1) is 22.8. The average Bonchev–Trinajstić information content (AvgIpc) is 3.06. The van der Waals surface area contributed by atoms with E-state index < -0.39 is 34.3 Å². The molecule has 10 heteroatoms. The zero-order valence-corrected chi connectivity index (χ0v) is 18.5. The van der Waals surface area contributed by atoms with Crippen molar-refractivity contribution in [1.82, 2.24) is 14.3 Å². The lowest BCUT2D eigenvalue weighted by Gasteiger charge is -2.29. The molecule has 0 bridgehead atoms. The Morgan fingerprint density at radius 3 is 2.45 bits per heavy atom. The van der Waals surface area contributed by atoms with Gasteiger partial charge in [0, 0.05) is 36.7 Å². The Bertz CT molecular complexity index is 1100. The molecule has 1 N–H and O–H groups in total. The van der Waals surface area contributed by atoms with Gasteiger partial charge in [-0.2, -0.15) is 4.31 Å². The van der Waals surface area contributed by atoms with Crippen LogP contribution in [0.1, 0.15) is 51.9 Å². The first-order valence-corrected chi connectivity index (χ1v) is 11.4. The number of hydrogen-bond donors (Lipinski definition) is 1. The van der Waals surface area contributed by atoms with Gasteiger partial charge in [0.25, 0.3) is 0 Å². The molecule has 0 saturated carbocycles. The van der Waals surface area contributed by atoms with Gasteiger partial charge in [0.1, 0.15) is 4.90 Å². The maximum absolute atomic E-state index is 12.6. The normalized spacial score (nSPS) is 15.6. The van der Waals surface area contributed by atoms with Gasteiger partial charge in [-0.25, -0.2) is 8.42 Å². The van der Waals surface area contributed by atoms with Gasteiger partial charge in [-0.3, -0.25) is 19.4 Å². The summed E-state index contributed by atoms with van der Waals surface area (Å²) < 4.78 is 31.8. The summed E-state index contributed by atoms with van der Waals surface area (Å²) in [6.45, 7) is 4.74. The second kappa shape index (κ2) is 9.11. The molecule has 0 aromatic carbocycles. The molecule has 0 radical (unpaired) electrons. The monoisotopic (exact) mass is 447 g/mol. The number of H-pyrrole nitrogens is 1. The highest BCUT2D eigenvalue weighted by molar-refractivity contribution is 7.89. The predicted octanol–water partition coefficient (Wildman–Crippen LogP) is 2.06. The summed E-state index contributed by atoms with van der Waals surface area (Å²) in [7, 11) is -3.65. The van der Waals surface area contributed by atoms with E-state index in [2.05, 4.69) is 9.97 Å². The van der Waals surface area contributed by atoms with E-state index in [4.69, 9.17) is 4.74 Å². The zero-order valence-electron chi connectivity index (χ0n) is 17.7. The van der Waals surface area contributed by atoms with E-state index in [1.807, 2.05) is 0 Å². The maximum Gasteiger partial charge on any atom is 0.309 e. The Hall–Kier alpha value is -2.85. The summed E-state index contributed by atoms with van der Waals surface area (Å²) in [6, 6.07) is 3.04. The van der Waals surface area contributed by atoms with Gasteiger partial charge in [0.15, 0.2) is 12.4 Å². The summed E-state index contributed by atoms with van der Waals surface area (Å²) in [4.78, 5) is 43.4. The van der Waals surface area contributed by atoms with E-state index in [1.54, 1.807) is 19.9 Å². The average molecular weight is 448 g/mol. The van der Waals surface area contributed by atoms with Crippen LogP contribution < -0.4 is 0 Å². The van der Waals surface area contributed by atoms with Crippen LogP contribution >= 0.6 is 0 Å². The van der Waals surface area contributed by atoms with Crippen molar-refractivity contribution in [1.29, 1.82) is 0 Å². The van der Waals surface area contributed by atoms with Crippen molar-refractivity contribution in [3.05, 3.63) is 47.0 Å². The van der Waals surface area contributed by atoms with E-state index in [0.717, 1.165) is 0 Å². The fourth-order valence-corrected chi connectivity index (χ4v) is 5.30. The van der Waals surface area contributed by atoms with Crippen LogP contribution in [0, 0.1) is 19.8 Å². The Morgan fingerprint density at radius 1 is 1.23 bits per heavy atom. The SMILES string of the molecule is CC(=O)c1c(C)[nH]c(C(=O)COC(=O)C2CCN(S(=O)(=O)c3cccnc3)CC2)c1C. The molecule has 0 aliphatic carbocycles. The van der Waals surface area contributed by atoms with E-state index >= 15 is 0 Å². The molecule has 3 rings (SSSR count). The number of esters is 1. The third-order valence-corrected chi connectivity index (χ3v) is 7.36. The van der Waals surface area contributed by atoms with E-state index in [0.29, 0.717) is 29.7 Å². The van der Waals surface area contributed by atoms with Crippen LogP contribution in [0.15, 0.2) is 29.4 Å². The van der Waals surface area contributed by atoms with Gasteiger partial charge in [0.05, 0.1) is 11.6 Å². The van der Waals surface area contributed by atoms with Gasteiger partial charge in [-0.15, -0.1) is 0 Å². The highest BCUT2D eigenvalue weighted by Gasteiger charge is 2.33. The van der Waals surface area contributed by atoms with Crippen molar-refractivity contribution < 1.29 is 27.5 Å². The fourth-order valence-electron chi connectivity index (χ4n) is 3.86. The minimum absolute atomic E-state index is 0.114. The third kappa shape index (κ3) is 4.75. The molecule has 1 aliphatic rings. The summed E-state index contributed by atoms with van der Waals surface area (Å²) in [5, 5.41) is 0. The Labute approximate surface area is 180 Å². The number of carbonyl (C=O) groups is 3. The summed E-state index contributed by atoms with van der Waals surface area (Å²) in [5.41, 5.74) is 1.87. The molecule has 1 saturated heterocycles. The molecule has 2 aromatic rings. The van der Waals surface area contributed by atoms with Crippen molar-refractivity contribution in [2.45, 2.75) is 38.5 Å². The lowest BCUT2D eigenvalue weighted by Crippen LogP contribution is -2.40. The Balaban J connectivity index is 1.56. The number of aryl methyl sites for hydroxylation is 1. The summed E-state index contributed by atoms with van der Waals surface area (Å²) in [5.74, 6) is -1.57. The molecule has 0 unspecified atom stereocenters. The lowest BCUT2D eigenvalue weighted by molar-refractivity contribution is -0.148. The van der Waals surface area contributed by atoms with E-state index in [-0.39, 0.29) is 29.5 Å². The summed E-state index contributed by atoms with van der Waals surface area (Å²) in [6.07, 6.45) is 3.41. The van der Waals surface area contributed by atoms with Crippen LogP contribution in [0.25, 0.3) is 0 Å². The number of sulfonamides is 1. The second-order valence-corrected chi connectivity index (χ2v) is 9.52. The fraction of sp³-hybridized carbons (Fsp3) is 0.429. The number of ether oxygens (including phenoxy) is 1. The molecule has 3 heterocycles. The van der Waals surface area contributed by atoms with Crippen LogP contribution in [0.2, 0.25) is 0 Å². The number of nitrogens with zero attached hydrogens (tertiary/aromatic N) is 2. The first-order chi connectivity index (χ1) is 14.6. The molecular formula is C21H25N3O6S. The smallest absolute Gasteiger partial charge is 0.309 e. The number of aromatic amines is 1. The molecule has 0 spiro atoms. The van der Waals surface area contributed by atoms with E-state index in [1.165, 1.54) is 29.7 Å². The first-order valence-electron chi connectivity index (χ1n) is 9.93. The van der Waals surface area contributed by atoms with Gasteiger partial charge in [0.2, 0.25) is 15.8 Å². The topological polar surface area (TPSA) is 126 Å². The number of pyridine rings is 1. The summed E-state index contributed by atoms with van der Waals surface area (Å²) >= 11 is 0. The highest BCUT2D eigenvalue weighted by Crippen LogP contribution is 2.24. The van der Waals surface area contributed by atoms with Crippen LogP contribution in [0.5, 0.6) is 0 Å². The van der Waals surface area contributed by atoms with Crippen molar-refractivity contribution in [3.63, 3.8) is 0 Å². The van der Waals surface area contributed by atoms with Crippen molar-refractivity contribution in [3.8, 4) is 0 Å². The largest absolute Gasteiger partial charge is 0.457 e. The zero-order chi connectivity index (χ0) is 22.8. The number of hydrogen-bond acceptors (Lipinski definition) is 7. The van der Waals surface area contributed by atoms with Gasteiger partial charge >= 0.3 is 5.97 Å². The Morgan fingerprint density at radius 2 is 1.90 bits per heavy atom. The number of aromatic nitrogens is 2. The van der Waals surface area contributed by atoms with Crippen LogP contribution in [0.4, 0.5) is 0 Å². The van der Waals surface area contributed by atoms with E-state index in [9.17, 15) is 22.8 Å². The predicted molar refractivity (Wildman–Crippen MR) is 111 cm³/mol. The van der Waals surface area contributed by atoms with Crippen molar-refractivity contribution >= 4 is 27.6 Å². The molecule has 0 amide bonds. The number of rotatable bonds is 7. The lowest BCUT2D eigenvalue weighted by atomic mass is 9.98. The number of carbonyl (C=O) groups excluding carboxylic acids is 3. The quantitative estimate of drug-likeness (QED) is 0.508. The number of nitrogens with one attached hydrogen (secondary N) is 1. The minimum Gasteiger partial charge on any atom is -0.457 e. The maximum atomic E-state index is 12.6. The van der Waals surface area contributed by atoms with Crippen molar-refractivity contribution in [2.75, 3.05) is 19.7 Å². The van der Waals surface area contributed by atoms with Crippen molar-refractivity contribution in [2.24, 2.45) is 5.92 Å². The van der Waals surface area contributed by atoms with Gasteiger partial charge in [-0.05, 0) is 51.3 Å². The van der Waals surface area contributed by atoms with Crippen LogP contribution in [-0.4, -0.2) is 59.9 Å². The molecule has 9 nitrogen and oxygen atoms in total. The number of Topliss-reactive ketones (excluding diaryl/α,β-unsaturated/α-hetero) is 2. The van der Waals surface area contributed by atoms with Crippen LogP contribution in [-0.2, 0) is 19.6 Å². The minimum atomic E-state index is -3.65. The second-order valence-electron chi connectivity index (χ2n) is 7.58. The Kier molecular flexibility index (Phi) is 6.71. The standard InChI is InChI=1S/C21H25N3O6S/c1-13-19(15(3)25)14(2)23-20(13)18(26)12-30-21(27)16-6-9-24(10-7-16)31(28,29)17-5-4-8-22-11-17/h4-5,8,11,16,23H,6-7,9-10,12H2,1-3H3. The van der Waals surface area contributed by atoms with Gasteiger partial charge < -0.3 is 9.72 Å². The molecule has 31 heavy (non-hydrogen) atoms. The number of ketones is 2. The molecule has 0 atom stereocenters. The molecular weight excluding hydrogens is 422 g/mol. The van der Waals surface area contributed by atoms with Crippen LogP contribution in [0.3, 0.4) is 0 Å². The molecule has 166 valence electrons. The molecule has 1 fully saturated rings. The van der Waals surface area contributed by atoms with Gasteiger partial charge in [-0.1, -0.05) is 0 Å².